The summed E-state index contributed by atoms with van der Waals surface area (Å²) in [5.41, 5.74) is 1.12. The Hall–Kier alpha value is -2.66. The first-order chi connectivity index (χ1) is 12.1. The number of hydrogen-bond acceptors (Lipinski definition) is 3. The van der Waals surface area contributed by atoms with Gasteiger partial charge in [0.05, 0.1) is 13.2 Å². The minimum Gasteiger partial charge on any atom is -0.480 e. The summed E-state index contributed by atoms with van der Waals surface area (Å²) in [5.74, 6) is -1.36. The van der Waals surface area contributed by atoms with Gasteiger partial charge in [-0.15, -0.1) is 6.58 Å². The lowest BCUT2D eigenvalue weighted by Gasteiger charge is -2.14. The Bertz CT molecular complexity index is 801. The van der Waals surface area contributed by atoms with Gasteiger partial charge in [0, 0.05) is 5.92 Å². The second-order valence-electron chi connectivity index (χ2n) is 6.28. The molecule has 2 aromatic rings. The molecule has 1 amide bonds. The number of rotatable bonds is 8. The predicted molar refractivity (Wildman–Crippen MR) is 95.4 cm³/mol. The van der Waals surface area contributed by atoms with Gasteiger partial charge in [0.25, 0.3) is 0 Å². The lowest BCUT2D eigenvalue weighted by Crippen LogP contribution is -2.44. The Morgan fingerprint density at radius 1 is 1.28 bits per heavy atom. The third kappa shape index (κ3) is 4.06. The molecule has 1 fully saturated rings. The van der Waals surface area contributed by atoms with E-state index in [4.69, 9.17) is 4.74 Å². The standard InChI is InChI=1S/C20H21NO4/c1-2-9-25-12-18(20(23)24)21-19(22)17-11-16(17)15-8-7-13-5-3-4-6-14(13)10-15/h2-8,10,16-18H,1,9,11-12H2,(H,21,22)(H,23,24). The molecular weight excluding hydrogens is 318 g/mol. The number of carboxylic acid groups (broad SMARTS) is 1. The fraction of sp³-hybridized carbons (Fsp3) is 0.300. The zero-order chi connectivity index (χ0) is 17.8. The van der Waals surface area contributed by atoms with Crippen molar-refractivity contribution in [2.24, 2.45) is 5.92 Å². The minimum atomic E-state index is -1.10. The van der Waals surface area contributed by atoms with Crippen LogP contribution in [0.25, 0.3) is 10.8 Å². The molecule has 3 rings (SSSR count). The van der Waals surface area contributed by atoms with Gasteiger partial charge in [-0.3, -0.25) is 4.79 Å². The number of carbonyl (C=O) groups is 2. The molecular formula is C20H21NO4. The van der Waals surface area contributed by atoms with E-state index in [0.29, 0.717) is 0 Å². The first kappa shape index (κ1) is 17.2. The number of benzene rings is 2. The van der Waals surface area contributed by atoms with Crippen molar-refractivity contribution in [3.63, 3.8) is 0 Å². The van der Waals surface area contributed by atoms with E-state index in [1.54, 1.807) is 0 Å². The second-order valence-corrected chi connectivity index (χ2v) is 6.28. The Balaban J connectivity index is 1.62. The molecule has 5 heteroatoms. The maximum absolute atomic E-state index is 12.4. The molecule has 0 saturated heterocycles. The van der Waals surface area contributed by atoms with E-state index in [9.17, 15) is 14.7 Å². The number of fused-ring (bicyclic) bond motifs is 1. The van der Waals surface area contributed by atoms with Crippen LogP contribution in [0.5, 0.6) is 0 Å². The summed E-state index contributed by atoms with van der Waals surface area (Å²) in [5, 5.41) is 14.1. The summed E-state index contributed by atoms with van der Waals surface area (Å²) in [6.07, 6.45) is 2.28. The van der Waals surface area contributed by atoms with Gasteiger partial charge < -0.3 is 15.2 Å². The molecule has 130 valence electrons. The van der Waals surface area contributed by atoms with Gasteiger partial charge in [-0.25, -0.2) is 4.79 Å². The minimum absolute atomic E-state index is 0.0690. The van der Waals surface area contributed by atoms with Gasteiger partial charge in [0.2, 0.25) is 5.91 Å². The second kappa shape index (κ2) is 7.49. The normalized spacial score (nSPS) is 20.0. The highest BCUT2D eigenvalue weighted by Gasteiger charge is 2.44. The smallest absolute Gasteiger partial charge is 0.328 e. The Kier molecular flexibility index (Phi) is 5.14. The topological polar surface area (TPSA) is 75.6 Å². The SMILES string of the molecule is C=CCOCC(NC(=O)C1CC1c1ccc2ccccc2c1)C(=O)O. The number of ether oxygens (including phenoxy) is 1. The van der Waals surface area contributed by atoms with Crippen LogP contribution in [-0.4, -0.2) is 36.2 Å². The molecule has 1 aliphatic rings. The Labute approximate surface area is 146 Å². The average molecular weight is 339 g/mol. The Morgan fingerprint density at radius 3 is 2.76 bits per heavy atom. The number of carbonyl (C=O) groups excluding carboxylic acids is 1. The van der Waals surface area contributed by atoms with Crippen LogP contribution in [0, 0.1) is 5.92 Å². The van der Waals surface area contributed by atoms with E-state index in [2.05, 4.69) is 30.1 Å². The summed E-state index contributed by atoms with van der Waals surface area (Å²) in [7, 11) is 0. The first-order valence-electron chi connectivity index (χ1n) is 8.30. The van der Waals surface area contributed by atoms with Crippen molar-refractivity contribution in [2.75, 3.05) is 13.2 Å². The van der Waals surface area contributed by atoms with Gasteiger partial charge in [0.15, 0.2) is 6.04 Å². The summed E-state index contributed by atoms with van der Waals surface area (Å²) >= 11 is 0. The molecule has 25 heavy (non-hydrogen) atoms. The summed E-state index contributed by atoms with van der Waals surface area (Å²) in [4.78, 5) is 23.6. The van der Waals surface area contributed by atoms with Crippen LogP contribution in [0.1, 0.15) is 17.9 Å². The molecule has 0 aliphatic heterocycles. The molecule has 2 aromatic carbocycles. The molecule has 0 radical (unpaired) electrons. The highest BCUT2D eigenvalue weighted by Crippen LogP contribution is 2.48. The molecule has 0 spiro atoms. The van der Waals surface area contributed by atoms with Crippen LogP contribution < -0.4 is 5.32 Å². The van der Waals surface area contributed by atoms with Gasteiger partial charge in [-0.2, -0.15) is 0 Å². The number of aliphatic carboxylic acids is 1. The van der Waals surface area contributed by atoms with Crippen molar-refractivity contribution in [1.82, 2.24) is 5.32 Å². The predicted octanol–water partition coefficient (Wildman–Crippen LogP) is 2.72. The molecule has 2 N–H and O–H groups in total. The zero-order valence-electron chi connectivity index (χ0n) is 13.9. The summed E-state index contributed by atoms with van der Waals surface area (Å²) < 4.78 is 5.15. The maximum Gasteiger partial charge on any atom is 0.328 e. The maximum atomic E-state index is 12.4. The van der Waals surface area contributed by atoms with Gasteiger partial charge in [-0.05, 0) is 28.7 Å². The van der Waals surface area contributed by atoms with Crippen molar-refractivity contribution in [3.05, 3.63) is 60.7 Å². The fourth-order valence-electron chi connectivity index (χ4n) is 3.01. The lowest BCUT2D eigenvalue weighted by molar-refractivity contribution is -0.143. The van der Waals surface area contributed by atoms with E-state index in [1.807, 2.05) is 24.3 Å². The molecule has 3 atom stereocenters. The third-order valence-corrected chi connectivity index (χ3v) is 4.46. The van der Waals surface area contributed by atoms with Crippen molar-refractivity contribution >= 4 is 22.6 Å². The Morgan fingerprint density at radius 2 is 2.04 bits per heavy atom. The van der Waals surface area contributed by atoms with Crippen LogP contribution in [0.2, 0.25) is 0 Å². The average Bonchev–Trinajstić information content (AvgIpc) is 3.41. The lowest BCUT2D eigenvalue weighted by atomic mass is 10.0. The zero-order valence-corrected chi connectivity index (χ0v) is 13.9. The van der Waals surface area contributed by atoms with Crippen LogP contribution >= 0.6 is 0 Å². The highest BCUT2D eigenvalue weighted by atomic mass is 16.5. The largest absolute Gasteiger partial charge is 0.480 e. The van der Waals surface area contributed by atoms with E-state index in [1.165, 1.54) is 11.5 Å². The molecule has 0 bridgehead atoms. The van der Waals surface area contributed by atoms with Crippen LogP contribution in [-0.2, 0) is 14.3 Å². The summed E-state index contributed by atoms with van der Waals surface area (Å²) in [6, 6.07) is 13.3. The molecule has 0 heterocycles. The number of hydrogen-bond donors (Lipinski definition) is 2. The molecule has 1 saturated carbocycles. The van der Waals surface area contributed by atoms with Crippen molar-refractivity contribution in [3.8, 4) is 0 Å². The molecule has 5 nitrogen and oxygen atoms in total. The van der Waals surface area contributed by atoms with Gasteiger partial charge in [-0.1, -0.05) is 48.5 Å². The monoisotopic (exact) mass is 339 g/mol. The van der Waals surface area contributed by atoms with E-state index in [0.717, 1.165) is 17.4 Å². The van der Waals surface area contributed by atoms with E-state index >= 15 is 0 Å². The van der Waals surface area contributed by atoms with Crippen LogP contribution in [0.3, 0.4) is 0 Å². The molecule has 3 unspecified atom stereocenters. The van der Waals surface area contributed by atoms with E-state index in [-0.39, 0.29) is 31.0 Å². The van der Waals surface area contributed by atoms with Crippen LogP contribution in [0.15, 0.2) is 55.1 Å². The van der Waals surface area contributed by atoms with Crippen molar-refractivity contribution in [1.29, 1.82) is 0 Å². The number of nitrogens with one attached hydrogen (secondary N) is 1. The highest BCUT2D eigenvalue weighted by molar-refractivity contribution is 5.88. The van der Waals surface area contributed by atoms with Crippen LogP contribution in [0.4, 0.5) is 0 Å². The summed E-state index contributed by atoms with van der Waals surface area (Å²) in [6.45, 7) is 3.69. The van der Waals surface area contributed by atoms with E-state index < -0.39 is 12.0 Å². The fourth-order valence-corrected chi connectivity index (χ4v) is 3.01. The quantitative estimate of drug-likeness (QED) is 0.573. The van der Waals surface area contributed by atoms with Gasteiger partial charge in [0.1, 0.15) is 0 Å². The number of amides is 1. The van der Waals surface area contributed by atoms with Gasteiger partial charge >= 0.3 is 5.97 Å². The van der Waals surface area contributed by atoms with Crippen molar-refractivity contribution < 1.29 is 19.4 Å². The van der Waals surface area contributed by atoms with Crippen molar-refractivity contribution in [2.45, 2.75) is 18.4 Å². The first-order valence-corrected chi connectivity index (χ1v) is 8.30. The number of carboxylic acids is 1. The third-order valence-electron chi connectivity index (χ3n) is 4.46. The molecule has 1 aliphatic carbocycles. The molecule has 0 aromatic heterocycles.